The zero-order valence-corrected chi connectivity index (χ0v) is 13.8. The summed E-state index contributed by atoms with van der Waals surface area (Å²) in [7, 11) is 3.13. The molecule has 0 aliphatic rings. The number of hydrogen-bond donors (Lipinski definition) is 1. The molecule has 0 aliphatic carbocycles. The van der Waals surface area contributed by atoms with E-state index in [1.165, 1.54) is 23.1 Å². The van der Waals surface area contributed by atoms with E-state index < -0.39 is 17.6 Å². The van der Waals surface area contributed by atoms with Crippen LogP contribution in [0.4, 0.5) is 4.39 Å². The van der Waals surface area contributed by atoms with E-state index in [4.69, 9.17) is 0 Å². The van der Waals surface area contributed by atoms with E-state index >= 15 is 0 Å². The average molecular weight is 326 g/mol. The highest BCUT2D eigenvalue weighted by Gasteiger charge is 2.16. The van der Waals surface area contributed by atoms with Crippen molar-refractivity contribution in [3.63, 3.8) is 0 Å². The predicted molar refractivity (Wildman–Crippen MR) is 91.7 cm³/mol. The van der Waals surface area contributed by atoms with Crippen LogP contribution in [0.1, 0.15) is 21.5 Å². The van der Waals surface area contributed by atoms with Crippen LogP contribution in [-0.4, -0.2) is 30.8 Å². The maximum atomic E-state index is 13.8. The second-order valence-electron chi connectivity index (χ2n) is 5.60. The molecular weight excluding hydrogens is 307 g/mol. The molecule has 0 atom stereocenters. The van der Waals surface area contributed by atoms with Gasteiger partial charge in [0.15, 0.2) is 0 Å². The van der Waals surface area contributed by atoms with Crippen LogP contribution in [0.25, 0.3) is 6.08 Å². The molecule has 0 heterocycles. The average Bonchev–Trinajstić information content (AvgIpc) is 2.56. The first-order chi connectivity index (χ1) is 11.4. The molecule has 0 saturated heterocycles. The van der Waals surface area contributed by atoms with Gasteiger partial charge >= 0.3 is 0 Å². The third-order valence-electron chi connectivity index (χ3n) is 3.40. The van der Waals surface area contributed by atoms with Crippen molar-refractivity contribution in [1.82, 2.24) is 10.2 Å². The molecule has 1 N–H and O–H groups in total. The minimum Gasteiger partial charge on any atom is -0.344 e. The van der Waals surface area contributed by atoms with E-state index in [1.54, 1.807) is 38.4 Å². The van der Waals surface area contributed by atoms with Crippen molar-refractivity contribution in [2.45, 2.75) is 6.92 Å². The number of carbonyl (C=O) groups excluding carboxylic acids is 2. The standard InChI is InChI=1S/C19H19FN2O2/c1-13-8-10-14(11-9-13)18(23)21-17(19(24)22(2)3)12-15-6-4-5-7-16(15)20/h4-12H,1-3H3,(H,21,23). The van der Waals surface area contributed by atoms with Gasteiger partial charge in [-0.15, -0.1) is 0 Å². The summed E-state index contributed by atoms with van der Waals surface area (Å²) in [5.41, 5.74) is 1.69. The number of amides is 2. The first kappa shape index (κ1) is 17.4. The quantitative estimate of drug-likeness (QED) is 0.878. The van der Waals surface area contributed by atoms with E-state index in [2.05, 4.69) is 5.32 Å². The molecule has 124 valence electrons. The lowest BCUT2D eigenvalue weighted by Crippen LogP contribution is -2.34. The minimum atomic E-state index is -0.467. The van der Waals surface area contributed by atoms with E-state index in [1.807, 2.05) is 19.1 Å². The van der Waals surface area contributed by atoms with Gasteiger partial charge < -0.3 is 10.2 Å². The molecule has 0 radical (unpaired) electrons. The molecular formula is C19H19FN2O2. The Bertz CT molecular complexity index is 780. The number of rotatable bonds is 4. The highest BCUT2D eigenvalue weighted by atomic mass is 19.1. The largest absolute Gasteiger partial charge is 0.344 e. The van der Waals surface area contributed by atoms with E-state index in [0.717, 1.165) is 5.56 Å². The van der Waals surface area contributed by atoms with Gasteiger partial charge in [0.05, 0.1) is 0 Å². The van der Waals surface area contributed by atoms with Crippen molar-refractivity contribution in [1.29, 1.82) is 0 Å². The fraction of sp³-hybridized carbons (Fsp3) is 0.158. The van der Waals surface area contributed by atoms with Crippen LogP contribution < -0.4 is 5.32 Å². The number of aryl methyl sites for hydroxylation is 1. The summed E-state index contributed by atoms with van der Waals surface area (Å²) >= 11 is 0. The van der Waals surface area contributed by atoms with Crippen LogP contribution in [-0.2, 0) is 4.79 Å². The van der Waals surface area contributed by atoms with E-state index in [9.17, 15) is 14.0 Å². The monoisotopic (exact) mass is 326 g/mol. The number of likely N-dealkylation sites (N-methyl/N-ethyl adjacent to an activating group) is 1. The Labute approximate surface area is 140 Å². The van der Waals surface area contributed by atoms with Crippen LogP contribution in [0.2, 0.25) is 0 Å². The Morgan fingerprint density at radius 2 is 1.67 bits per heavy atom. The number of nitrogens with zero attached hydrogens (tertiary/aromatic N) is 1. The lowest BCUT2D eigenvalue weighted by molar-refractivity contribution is -0.124. The molecule has 2 amide bonds. The van der Waals surface area contributed by atoms with Crippen molar-refractivity contribution in [2.24, 2.45) is 0 Å². The summed E-state index contributed by atoms with van der Waals surface area (Å²) in [6.07, 6.45) is 1.34. The fourth-order valence-corrected chi connectivity index (χ4v) is 2.04. The summed E-state index contributed by atoms with van der Waals surface area (Å²) in [6.45, 7) is 1.92. The second kappa shape index (κ2) is 7.55. The third-order valence-corrected chi connectivity index (χ3v) is 3.40. The van der Waals surface area contributed by atoms with Gasteiger partial charge in [0.25, 0.3) is 11.8 Å². The molecule has 0 aromatic heterocycles. The molecule has 2 aromatic carbocycles. The molecule has 0 aliphatic heterocycles. The second-order valence-corrected chi connectivity index (χ2v) is 5.60. The molecule has 0 unspecified atom stereocenters. The van der Waals surface area contributed by atoms with E-state index in [-0.39, 0.29) is 11.3 Å². The lowest BCUT2D eigenvalue weighted by atomic mass is 10.1. The zero-order valence-electron chi connectivity index (χ0n) is 13.8. The Balaban J connectivity index is 2.33. The van der Waals surface area contributed by atoms with Gasteiger partial charge in [0.2, 0.25) is 0 Å². The molecule has 0 fully saturated rings. The van der Waals surface area contributed by atoms with Crippen LogP contribution in [0.15, 0.2) is 54.2 Å². The lowest BCUT2D eigenvalue weighted by Gasteiger charge is -2.15. The highest BCUT2D eigenvalue weighted by molar-refractivity contribution is 6.05. The normalized spacial score (nSPS) is 11.1. The summed E-state index contributed by atoms with van der Waals surface area (Å²) in [5.74, 6) is -1.31. The highest BCUT2D eigenvalue weighted by Crippen LogP contribution is 2.12. The number of hydrogen-bond acceptors (Lipinski definition) is 2. The molecule has 0 spiro atoms. The van der Waals surface area contributed by atoms with E-state index in [0.29, 0.717) is 5.56 Å². The fourth-order valence-electron chi connectivity index (χ4n) is 2.04. The number of halogens is 1. The van der Waals surface area contributed by atoms with Crippen LogP contribution in [0.3, 0.4) is 0 Å². The van der Waals surface area contributed by atoms with Crippen LogP contribution in [0.5, 0.6) is 0 Å². The van der Waals surface area contributed by atoms with Crippen LogP contribution >= 0.6 is 0 Å². The van der Waals surface area contributed by atoms with Crippen molar-refractivity contribution < 1.29 is 14.0 Å². The van der Waals surface area contributed by atoms with Gasteiger partial charge in [0, 0.05) is 25.2 Å². The van der Waals surface area contributed by atoms with Gasteiger partial charge in [0.1, 0.15) is 11.5 Å². The summed E-state index contributed by atoms with van der Waals surface area (Å²) in [6, 6.07) is 13.0. The topological polar surface area (TPSA) is 49.4 Å². The summed E-state index contributed by atoms with van der Waals surface area (Å²) < 4.78 is 13.8. The molecule has 2 aromatic rings. The van der Waals surface area contributed by atoms with Crippen LogP contribution in [0, 0.1) is 12.7 Å². The Morgan fingerprint density at radius 1 is 1.04 bits per heavy atom. The first-order valence-corrected chi connectivity index (χ1v) is 7.44. The summed E-state index contributed by atoms with van der Waals surface area (Å²) in [5, 5.41) is 2.57. The Kier molecular flexibility index (Phi) is 5.47. The first-order valence-electron chi connectivity index (χ1n) is 7.44. The maximum absolute atomic E-state index is 13.8. The number of benzene rings is 2. The van der Waals surface area contributed by atoms with Gasteiger partial charge in [-0.05, 0) is 31.2 Å². The van der Waals surface area contributed by atoms with Crippen molar-refractivity contribution in [3.05, 3.63) is 76.7 Å². The number of carbonyl (C=O) groups is 2. The molecule has 0 bridgehead atoms. The smallest absolute Gasteiger partial charge is 0.269 e. The predicted octanol–water partition coefficient (Wildman–Crippen LogP) is 2.99. The van der Waals surface area contributed by atoms with Gasteiger partial charge in [-0.25, -0.2) is 4.39 Å². The Morgan fingerprint density at radius 3 is 2.25 bits per heavy atom. The van der Waals surface area contributed by atoms with Gasteiger partial charge in [-0.1, -0.05) is 35.9 Å². The van der Waals surface area contributed by atoms with Crippen molar-refractivity contribution in [2.75, 3.05) is 14.1 Å². The Hall–Kier alpha value is -2.95. The minimum absolute atomic E-state index is 0.00988. The zero-order chi connectivity index (χ0) is 17.7. The third kappa shape index (κ3) is 4.29. The molecule has 0 saturated carbocycles. The SMILES string of the molecule is Cc1ccc(C(=O)NC(=Cc2ccccc2F)C(=O)N(C)C)cc1. The molecule has 24 heavy (non-hydrogen) atoms. The molecule has 2 rings (SSSR count). The maximum Gasteiger partial charge on any atom is 0.269 e. The van der Waals surface area contributed by atoms with Gasteiger partial charge in [-0.3, -0.25) is 9.59 Å². The molecule has 4 nitrogen and oxygen atoms in total. The number of nitrogens with one attached hydrogen (secondary N) is 1. The van der Waals surface area contributed by atoms with Gasteiger partial charge in [-0.2, -0.15) is 0 Å². The van der Waals surface area contributed by atoms with Crippen molar-refractivity contribution >= 4 is 17.9 Å². The van der Waals surface area contributed by atoms with Crippen molar-refractivity contribution in [3.8, 4) is 0 Å². The summed E-state index contributed by atoms with van der Waals surface area (Å²) in [4.78, 5) is 26.0. The molecule has 5 heteroatoms.